The Kier molecular flexibility index (Phi) is 9.27. The summed E-state index contributed by atoms with van der Waals surface area (Å²) in [5.41, 5.74) is 4.04. The molecule has 0 saturated carbocycles. The summed E-state index contributed by atoms with van der Waals surface area (Å²) in [4.78, 5) is 27.9. The van der Waals surface area contributed by atoms with Crippen molar-refractivity contribution in [3.63, 3.8) is 0 Å². The molecule has 186 valence electrons. The summed E-state index contributed by atoms with van der Waals surface area (Å²) in [6.45, 7) is 11.0. The molecule has 0 heterocycles. The third-order valence-electron chi connectivity index (χ3n) is 5.95. The third kappa shape index (κ3) is 7.32. The Labute approximate surface area is 204 Å². The Morgan fingerprint density at radius 1 is 0.971 bits per heavy atom. The highest BCUT2D eigenvalue weighted by atomic mass is 32.2. The number of nitrogens with one attached hydrogen (secondary N) is 1. The lowest BCUT2D eigenvalue weighted by atomic mass is 10.1. The van der Waals surface area contributed by atoms with Crippen molar-refractivity contribution in [1.82, 2.24) is 10.2 Å². The molecule has 0 aliphatic rings. The van der Waals surface area contributed by atoms with Crippen molar-refractivity contribution in [3.05, 3.63) is 64.7 Å². The maximum Gasteiger partial charge on any atom is 0.244 e. The molecule has 2 amide bonds. The predicted molar refractivity (Wildman–Crippen MR) is 137 cm³/mol. The van der Waals surface area contributed by atoms with Crippen LogP contribution in [0.3, 0.4) is 0 Å². The van der Waals surface area contributed by atoms with Crippen LogP contribution < -0.4 is 9.62 Å². The van der Waals surface area contributed by atoms with Gasteiger partial charge in [-0.25, -0.2) is 8.42 Å². The van der Waals surface area contributed by atoms with E-state index in [-0.39, 0.29) is 18.5 Å². The first-order valence-electron chi connectivity index (χ1n) is 11.5. The SMILES string of the molecule is CC[C@H](C)NC(=O)[C@@H](C)N(Cc1ccc(C)cc1)C(=O)CN(c1cc(C)ccc1C)S(C)(=O)=O. The largest absolute Gasteiger partial charge is 0.352 e. The highest BCUT2D eigenvalue weighted by Crippen LogP contribution is 2.24. The number of carbonyl (C=O) groups is 2. The fourth-order valence-electron chi connectivity index (χ4n) is 3.52. The number of rotatable bonds is 10. The van der Waals surface area contributed by atoms with Crippen molar-refractivity contribution in [2.24, 2.45) is 0 Å². The smallest absolute Gasteiger partial charge is 0.244 e. The molecule has 7 nitrogen and oxygen atoms in total. The van der Waals surface area contributed by atoms with Gasteiger partial charge in [0.2, 0.25) is 21.8 Å². The Hall–Kier alpha value is -2.87. The van der Waals surface area contributed by atoms with E-state index >= 15 is 0 Å². The van der Waals surface area contributed by atoms with Gasteiger partial charge < -0.3 is 10.2 Å². The second-order valence-corrected chi connectivity index (χ2v) is 11.0. The lowest BCUT2D eigenvalue weighted by molar-refractivity contribution is -0.139. The van der Waals surface area contributed by atoms with E-state index in [1.807, 2.05) is 71.0 Å². The molecule has 34 heavy (non-hydrogen) atoms. The van der Waals surface area contributed by atoms with Crippen LogP contribution in [0.2, 0.25) is 0 Å². The topological polar surface area (TPSA) is 86.8 Å². The fourth-order valence-corrected chi connectivity index (χ4v) is 4.42. The average Bonchev–Trinajstić information content (AvgIpc) is 2.77. The zero-order chi connectivity index (χ0) is 25.6. The summed E-state index contributed by atoms with van der Waals surface area (Å²) >= 11 is 0. The van der Waals surface area contributed by atoms with Crippen LogP contribution in [0.5, 0.6) is 0 Å². The van der Waals surface area contributed by atoms with Gasteiger partial charge in [-0.15, -0.1) is 0 Å². The molecule has 0 radical (unpaired) electrons. The van der Waals surface area contributed by atoms with Gasteiger partial charge in [-0.3, -0.25) is 13.9 Å². The van der Waals surface area contributed by atoms with Crippen LogP contribution in [0.1, 0.15) is 49.4 Å². The van der Waals surface area contributed by atoms with Crippen LogP contribution in [0.4, 0.5) is 5.69 Å². The number of nitrogens with zero attached hydrogens (tertiary/aromatic N) is 2. The molecule has 0 bridgehead atoms. The van der Waals surface area contributed by atoms with Crippen LogP contribution in [-0.2, 0) is 26.2 Å². The summed E-state index contributed by atoms with van der Waals surface area (Å²) < 4.78 is 26.6. The van der Waals surface area contributed by atoms with Crippen molar-refractivity contribution in [2.45, 2.75) is 66.6 Å². The maximum absolute atomic E-state index is 13.6. The predicted octanol–water partition coefficient (Wildman–Crippen LogP) is 3.71. The van der Waals surface area contributed by atoms with Gasteiger partial charge >= 0.3 is 0 Å². The zero-order valence-electron chi connectivity index (χ0n) is 21.3. The van der Waals surface area contributed by atoms with E-state index < -0.39 is 28.5 Å². The second kappa shape index (κ2) is 11.5. The van der Waals surface area contributed by atoms with Crippen LogP contribution >= 0.6 is 0 Å². The summed E-state index contributed by atoms with van der Waals surface area (Å²) in [5, 5.41) is 2.93. The molecule has 2 aromatic rings. The third-order valence-corrected chi connectivity index (χ3v) is 7.08. The number of hydrogen-bond donors (Lipinski definition) is 1. The van der Waals surface area contributed by atoms with Gasteiger partial charge in [0.1, 0.15) is 12.6 Å². The monoisotopic (exact) mass is 487 g/mol. The molecular formula is C26H37N3O4S. The van der Waals surface area contributed by atoms with Gasteiger partial charge in [-0.2, -0.15) is 0 Å². The Balaban J connectivity index is 2.42. The van der Waals surface area contributed by atoms with E-state index in [0.717, 1.165) is 39.2 Å². The second-order valence-electron chi connectivity index (χ2n) is 9.06. The minimum atomic E-state index is -3.75. The van der Waals surface area contributed by atoms with Crippen LogP contribution in [0.15, 0.2) is 42.5 Å². The fraction of sp³-hybridized carbons (Fsp3) is 0.462. The van der Waals surface area contributed by atoms with Crippen molar-refractivity contribution >= 4 is 27.5 Å². The average molecular weight is 488 g/mol. The molecule has 0 fully saturated rings. The summed E-state index contributed by atoms with van der Waals surface area (Å²) in [6, 6.07) is 12.4. The summed E-state index contributed by atoms with van der Waals surface area (Å²) in [7, 11) is -3.75. The normalized spacial score (nSPS) is 13.1. The van der Waals surface area contributed by atoms with Crippen molar-refractivity contribution in [3.8, 4) is 0 Å². The zero-order valence-corrected chi connectivity index (χ0v) is 22.1. The molecule has 0 unspecified atom stereocenters. The first kappa shape index (κ1) is 27.4. The van der Waals surface area contributed by atoms with Crippen molar-refractivity contribution in [1.29, 1.82) is 0 Å². The summed E-state index contributed by atoms with van der Waals surface area (Å²) in [6.07, 6.45) is 1.85. The number of benzene rings is 2. The van der Waals surface area contributed by atoms with Gasteiger partial charge in [-0.1, -0.05) is 48.9 Å². The lowest BCUT2D eigenvalue weighted by Gasteiger charge is -2.32. The van der Waals surface area contributed by atoms with Crippen molar-refractivity contribution in [2.75, 3.05) is 17.1 Å². The number of anilines is 1. The van der Waals surface area contributed by atoms with E-state index in [4.69, 9.17) is 0 Å². The van der Waals surface area contributed by atoms with Gasteiger partial charge in [0, 0.05) is 12.6 Å². The first-order valence-corrected chi connectivity index (χ1v) is 13.4. The van der Waals surface area contributed by atoms with E-state index in [2.05, 4.69) is 5.32 Å². The number of carbonyl (C=O) groups excluding carboxylic acids is 2. The molecule has 0 spiro atoms. The highest BCUT2D eigenvalue weighted by molar-refractivity contribution is 7.92. The molecule has 0 saturated heterocycles. The van der Waals surface area contributed by atoms with E-state index in [1.165, 1.54) is 4.90 Å². The molecule has 1 N–H and O–H groups in total. The van der Waals surface area contributed by atoms with Gasteiger partial charge in [0.05, 0.1) is 11.9 Å². The number of amides is 2. The highest BCUT2D eigenvalue weighted by Gasteiger charge is 2.31. The Bertz CT molecular complexity index is 1110. The first-order chi connectivity index (χ1) is 15.8. The molecule has 8 heteroatoms. The number of aryl methyl sites for hydroxylation is 3. The van der Waals surface area contributed by atoms with Crippen LogP contribution in [-0.4, -0.2) is 50.0 Å². The van der Waals surface area contributed by atoms with E-state index in [1.54, 1.807) is 13.0 Å². The van der Waals surface area contributed by atoms with Crippen molar-refractivity contribution < 1.29 is 18.0 Å². The van der Waals surface area contributed by atoms with E-state index in [0.29, 0.717) is 5.69 Å². The number of sulfonamides is 1. The molecular weight excluding hydrogens is 450 g/mol. The Morgan fingerprint density at radius 3 is 2.12 bits per heavy atom. The minimum Gasteiger partial charge on any atom is -0.352 e. The number of hydrogen-bond acceptors (Lipinski definition) is 4. The van der Waals surface area contributed by atoms with Gasteiger partial charge in [-0.05, 0) is 63.8 Å². The van der Waals surface area contributed by atoms with Gasteiger partial charge in [0.25, 0.3) is 0 Å². The maximum atomic E-state index is 13.6. The molecule has 0 aliphatic heterocycles. The quantitative estimate of drug-likeness (QED) is 0.554. The summed E-state index contributed by atoms with van der Waals surface area (Å²) in [5.74, 6) is -0.717. The lowest BCUT2D eigenvalue weighted by Crippen LogP contribution is -2.52. The molecule has 2 rings (SSSR count). The molecule has 0 aliphatic carbocycles. The van der Waals surface area contributed by atoms with Crippen LogP contribution in [0.25, 0.3) is 0 Å². The molecule has 0 aromatic heterocycles. The van der Waals surface area contributed by atoms with Gasteiger partial charge in [0.15, 0.2) is 0 Å². The Morgan fingerprint density at radius 2 is 1.56 bits per heavy atom. The van der Waals surface area contributed by atoms with E-state index in [9.17, 15) is 18.0 Å². The molecule has 2 aromatic carbocycles. The molecule has 2 atom stereocenters. The minimum absolute atomic E-state index is 0.0336. The standard InChI is InChI=1S/C26H37N3O4S/c1-8-21(5)27-26(31)22(6)28(16-23-13-10-18(2)11-14-23)25(30)17-29(34(7,32)33)24-15-19(3)9-12-20(24)4/h9-15,21-22H,8,16-17H2,1-7H3,(H,27,31)/t21-,22+/m0/s1. The van der Waals surface area contributed by atoms with Crippen LogP contribution in [0, 0.1) is 20.8 Å².